The second-order valence-electron chi connectivity index (χ2n) is 1.28. The Labute approximate surface area is 74.4 Å². The smallest absolute Gasteiger partial charge is 0.182 e. The third-order valence-corrected chi connectivity index (χ3v) is 1.88. The fraction of sp³-hybridized carbons (Fsp3) is 0.333. The Bertz CT molecular complexity index is 263. The molecule has 1 aromatic rings. The quantitative estimate of drug-likeness (QED) is 0.681. The molecule has 1 heterocycles. The highest BCUT2D eigenvalue weighted by atomic mass is 35.5. The molecule has 11 heavy (non-hydrogen) atoms. The van der Waals surface area contributed by atoms with E-state index in [1.807, 2.05) is 19.9 Å². The summed E-state index contributed by atoms with van der Waals surface area (Å²) < 4.78 is 0. The number of halogens is 1. The number of nitrogens with zero attached hydrogens (tertiary/aromatic N) is 2. The second-order valence-corrected chi connectivity index (χ2v) is 2.67. The van der Waals surface area contributed by atoms with Crippen LogP contribution >= 0.6 is 22.9 Å². The number of nitriles is 1. The van der Waals surface area contributed by atoms with E-state index in [1.165, 1.54) is 0 Å². The van der Waals surface area contributed by atoms with Gasteiger partial charge in [-0.3, -0.25) is 0 Å². The molecule has 60 valence electrons. The van der Waals surface area contributed by atoms with Crippen molar-refractivity contribution >= 4 is 28.1 Å². The molecule has 0 aliphatic heterocycles. The summed E-state index contributed by atoms with van der Waals surface area (Å²) in [6.07, 6.45) is 0. The van der Waals surface area contributed by atoms with Gasteiger partial charge in [-0.05, 0) is 0 Å². The first-order valence-electron chi connectivity index (χ1n) is 3.06. The van der Waals surface area contributed by atoms with Crippen molar-refractivity contribution < 1.29 is 0 Å². The van der Waals surface area contributed by atoms with Gasteiger partial charge >= 0.3 is 0 Å². The van der Waals surface area contributed by atoms with Gasteiger partial charge in [-0.2, -0.15) is 5.26 Å². The second kappa shape index (κ2) is 4.94. The molecule has 0 saturated carbocycles. The first-order valence-corrected chi connectivity index (χ1v) is 4.25. The lowest BCUT2D eigenvalue weighted by Gasteiger charge is -1.71. The van der Waals surface area contributed by atoms with Gasteiger partial charge in [-0.15, -0.1) is 0 Å². The number of aromatic nitrogens is 1. The topological polar surface area (TPSA) is 62.7 Å². The molecular weight excluding hydrogens is 182 g/mol. The van der Waals surface area contributed by atoms with E-state index in [1.54, 1.807) is 0 Å². The maximum Gasteiger partial charge on any atom is 0.182 e. The average molecular weight is 190 g/mol. The fourth-order valence-electron chi connectivity index (χ4n) is 0.386. The van der Waals surface area contributed by atoms with Crippen LogP contribution in [0.4, 0.5) is 5.13 Å². The Kier molecular flexibility index (Phi) is 4.59. The summed E-state index contributed by atoms with van der Waals surface area (Å²) in [5.41, 5.74) is 5.23. The predicted octanol–water partition coefficient (Wildman–Crippen LogP) is 2.28. The maximum absolute atomic E-state index is 8.31. The van der Waals surface area contributed by atoms with Gasteiger partial charge in [0.05, 0.1) is 0 Å². The van der Waals surface area contributed by atoms with Crippen molar-refractivity contribution in [1.82, 2.24) is 4.98 Å². The Morgan fingerprint density at radius 3 is 2.36 bits per heavy atom. The number of rotatable bonds is 0. The number of thiazole rings is 1. The summed E-state index contributed by atoms with van der Waals surface area (Å²) in [7, 11) is 0. The average Bonchev–Trinajstić information content (AvgIpc) is 2.33. The molecule has 3 nitrogen and oxygen atoms in total. The van der Waals surface area contributed by atoms with Gasteiger partial charge in [-0.25, -0.2) is 4.98 Å². The molecule has 0 amide bonds. The normalized spacial score (nSPS) is 7.82. The first-order chi connectivity index (χ1) is 5.24. The predicted molar refractivity (Wildman–Crippen MR) is 47.6 cm³/mol. The molecule has 5 heteroatoms. The number of nitrogen functional groups attached to an aromatic ring is 1. The third kappa shape index (κ3) is 2.74. The van der Waals surface area contributed by atoms with E-state index in [0.717, 1.165) is 11.3 Å². The van der Waals surface area contributed by atoms with Crippen molar-refractivity contribution in [3.8, 4) is 6.07 Å². The van der Waals surface area contributed by atoms with Crippen LogP contribution in [0.1, 0.15) is 18.7 Å². The lowest BCUT2D eigenvalue weighted by Crippen LogP contribution is -1.78. The Balaban J connectivity index is 0.000000461. The highest BCUT2D eigenvalue weighted by Gasteiger charge is 2.03. The molecule has 0 radical (unpaired) electrons. The van der Waals surface area contributed by atoms with Gasteiger partial charge in [0, 0.05) is 0 Å². The Morgan fingerprint density at radius 1 is 1.64 bits per heavy atom. The van der Waals surface area contributed by atoms with Crippen molar-refractivity contribution in [2.45, 2.75) is 13.8 Å². The molecular formula is C6H8ClN3S. The molecule has 0 bridgehead atoms. The molecule has 0 aromatic carbocycles. The summed E-state index contributed by atoms with van der Waals surface area (Å²) in [4.78, 5) is 3.99. The molecule has 0 fully saturated rings. The third-order valence-electron chi connectivity index (χ3n) is 0.704. The summed E-state index contributed by atoms with van der Waals surface area (Å²) in [5.74, 6) is 0. The highest BCUT2D eigenvalue weighted by molar-refractivity contribution is 7.16. The van der Waals surface area contributed by atoms with Crippen molar-refractivity contribution in [2.24, 2.45) is 0 Å². The Morgan fingerprint density at radius 2 is 2.18 bits per heavy atom. The summed E-state index contributed by atoms with van der Waals surface area (Å²) >= 11 is 6.53. The van der Waals surface area contributed by atoms with Gasteiger partial charge in [0.1, 0.15) is 10.9 Å². The maximum atomic E-state index is 8.31. The minimum absolute atomic E-state index is 0.194. The van der Waals surface area contributed by atoms with Crippen LogP contribution in [0.3, 0.4) is 0 Å². The van der Waals surface area contributed by atoms with Crippen LogP contribution in [0.2, 0.25) is 5.15 Å². The number of anilines is 1. The number of hydrogen-bond acceptors (Lipinski definition) is 4. The van der Waals surface area contributed by atoms with E-state index in [2.05, 4.69) is 4.98 Å². The molecule has 0 atom stereocenters. The molecule has 0 aliphatic rings. The number of hydrogen-bond donors (Lipinski definition) is 1. The van der Waals surface area contributed by atoms with Crippen molar-refractivity contribution in [1.29, 1.82) is 5.26 Å². The van der Waals surface area contributed by atoms with Crippen LogP contribution < -0.4 is 5.73 Å². The molecule has 1 rings (SSSR count). The van der Waals surface area contributed by atoms with E-state index in [-0.39, 0.29) is 5.15 Å². The van der Waals surface area contributed by atoms with E-state index in [4.69, 9.17) is 22.6 Å². The van der Waals surface area contributed by atoms with E-state index >= 15 is 0 Å². The zero-order valence-electron chi connectivity index (χ0n) is 6.26. The SMILES string of the molecule is CC.N#Cc1sc(N)nc1Cl. The number of nitrogens with two attached hydrogens (primary N) is 1. The van der Waals surface area contributed by atoms with Gasteiger partial charge in [0.15, 0.2) is 10.3 Å². The molecule has 2 N–H and O–H groups in total. The monoisotopic (exact) mass is 189 g/mol. The molecule has 0 aliphatic carbocycles. The zero-order chi connectivity index (χ0) is 8.85. The van der Waals surface area contributed by atoms with E-state index in [9.17, 15) is 0 Å². The van der Waals surface area contributed by atoms with Crippen LogP contribution in [-0.4, -0.2) is 4.98 Å². The molecule has 0 unspecified atom stereocenters. The van der Waals surface area contributed by atoms with Crippen LogP contribution in [-0.2, 0) is 0 Å². The highest BCUT2D eigenvalue weighted by Crippen LogP contribution is 2.22. The van der Waals surface area contributed by atoms with Gasteiger partial charge in [0.25, 0.3) is 0 Å². The van der Waals surface area contributed by atoms with Gasteiger partial charge < -0.3 is 5.73 Å². The van der Waals surface area contributed by atoms with Crippen LogP contribution in [0.25, 0.3) is 0 Å². The first kappa shape index (κ1) is 10.2. The van der Waals surface area contributed by atoms with E-state index < -0.39 is 0 Å². The fourth-order valence-corrected chi connectivity index (χ4v) is 1.21. The van der Waals surface area contributed by atoms with Crippen LogP contribution in [0.15, 0.2) is 0 Å². The lowest BCUT2D eigenvalue weighted by atomic mass is 10.6. The van der Waals surface area contributed by atoms with Crippen molar-refractivity contribution in [3.05, 3.63) is 10.0 Å². The standard InChI is InChI=1S/C4H2ClN3S.C2H6/c5-3-2(1-6)9-4(7)8-3;1-2/h(H2,7,8);1-2H3. The van der Waals surface area contributed by atoms with Gasteiger partial charge in [0.2, 0.25) is 0 Å². The minimum Gasteiger partial charge on any atom is -0.375 e. The summed E-state index contributed by atoms with van der Waals surface area (Å²) in [6, 6.07) is 1.86. The summed E-state index contributed by atoms with van der Waals surface area (Å²) in [6.45, 7) is 4.00. The van der Waals surface area contributed by atoms with Gasteiger partial charge in [-0.1, -0.05) is 36.8 Å². The largest absolute Gasteiger partial charge is 0.375 e. The minimum atomic E-state index is 0.194. The zero-order valence-corrected chi connectivity index (χ0v) is 7.83. The molecule has 0 spiro atoms. The lowest BCUT2D eigenvalue weighted by molar-refractivity contribution is 1.41. The summed E-state index contributed by atoms with van der Waals surface area (Å²) in [5, 5.41) is 8.84. The molecule has 0 saturated heterocycles. The van der Waals surface area contributed by atoms with Crippen LogP contribution in [0, 0.1) is 11.3 Å². The Hall–Kier alpha value is -0.790. The van der Waals surface area contributed by atoms with Crippen molar-refractivity contribution in [2.75, 3.05) is 5.73 Å². The van der Waals surface area contributed by atoms with Crippen LogP contribution in [0.5, 0.6) is 0 Å². The van der Waals surface area contributed by atoms with Crippen molar-refractivity contribution in [3.63, 3.8) is 0 Å². The molecule has 1 aromatic heterocycles. The van der Waals surface area contributed by atoms with E-state index in [0.29, 0.717) is 10.0 Å².